The number of nitrogens with one attached hydrogen (secondary N) is 2. The summed E-state index contributed by atoms with van der Waals surface area (Å²) in [6.07, 6.45) is 4.00. The van der Waals surface area contributed by atoms with Crippen molar-refractivity contribution in [1.29, 1.82) is 0 Å². The van der Waals surface area contributed by atoms with Crippen LogP contribution in [0.1, 0.15) is 25.8 Å². The molecule has 2 aromatic rings. The van der Waals surface area contributed by atoms with Gasteiger partial charge in [0.25, 0.3) is 0 Å². The number of carbonyl (C=O) groups excluding carboxylic acids is 1. The van der Waals surface area contributed by atoms with Crippen molar-refractivity contribution in [3.63, 3.8) is 0 Å². The van der Waals surface area contributed by atoms with E-state index in [-0.39, 0.29) is 5.91 Å². The van der Waals surface area contributed by atoms with Gasteiger partial charge in [-0.05, 0) is 29.7 Å². The number of aromatic nitrogens is 3. The normalized spacial score (nSPS) is 10.4. The largest absolute Gasteiger partial charge is 0.364 e. The second-order valence-electron chi connectivity index (χ2n) is 5.16. The van der Waals surface area contributed by atoms with Gasteiger partial charge in [0, 0.05) is 25.4 Å². The second-order valence-corrected chi connectivity index (χ2v) is 5.16. The van der Waals surface area contributed by atoms with Gasteiger partial charge in [-0.25, -0.2) is 0 Å². The third-order valence-corrected chi connectivity index (χ3v) is 2.72. The summed E-state index contributed by atoms with van der Waals surface area (Å²) in [5.41, 5.74) is 1.06. The molecule has 2 rings (SSSR count). The maximum atomic E-state index is 11.6. The number of pyridine rings is 1. The number of hydrogen-bond donors (Lipinski definition) is 2. The molecular formula is C15H19N5O. The molecule has 2 heterocycles. The Morgan fingerprint density at radius 2 is 1.95 bits per heavy atom. The van der Waals surface area contributed by atoms with Crippen LogP contribution < -0.4 is 10.6 Å². The van der Waals surface area contributed by atoms with Gasteiger partial charge < -0.3 is 10.6 Å². The topological polar surface area (TPSA) is 79.8 Å². The Morgan fingerprint density at radius 3 is 2.57 bits per heavy atom. The minimum atomic E-state index is -0.0460. The third-order valence-electron chi connectivity index (χ3n) is 2.72. The van der Waals surface area contributed by atoms with Gasteiger partial charge in [0.1, 0.15) is 5.82 Å². The molecule has 0 saturated carbocycles. The van der Waals surface area contributed by atoms with Gasteiger partial charge in [0.2, 0.25) is 5.91 Å². The van der Waals surface area contributed by atoms with Gasteiger partial charge in [0.05, 0.1) is 0 Å². The van der Waals surface area contributed by atoms with Crippen LogP contribution in [0.15, 0.2) is 36.7 Å². The standard InChI is InChI=1S/C15H19N5O/c1-11(2)8-15(21)18-14-6-5-13(19-20-14)17-10-12-4-3-7-16-9-12/h3-7,9,11H,8,10H2,1-2H3,(H,17,19)(H,18,20,21). The van der Waals surface area contributed by atoms with E-state index >= 15 is 0 Å². The highest BCUT2D eigenvalue weighted by Gasteiger charge is 2.06. The molecule has 0 bridgehead atoms. The zero-order chi connectivity index (χ0) is 15.1. The molecule has 0 unspecified atom stereocenters. The average Bonchev–Trinajstić information content (AvgIpc) is 2.47. The highest BCUT2D eigenvalue weighted by Crippen LogP contribution is 2.09. The molecule has 0 aliphatic rings. The summed E-state index contributed by atoms with van der Waals surface area (Å²) in [5.74, 6) is 1.39. The fraction of sp³-hybridized carbons (Fsp3) is 0.333. The molecule has 0 aliphatic heterocycles. The molecule has 0 saturated heterocycles. The van der Waals surface area contributed by atoms with Crippen molar-refractivity contribution >= 4 is 17.5 Å². The summed E-state index contributed by atoms with van der Waals surface area (Å²) in [6, 6.07) is 7.38. The lowest BCUT2D eigenvalue weighted by molar-refractivity contribution is -0.116. The van der Waals surface area contributed by atoms with E-state index in [0.29, 0.717) is 30.5 Å². The molecular weight excluding hydrogens is 266 g/mol. The van der Waals surface area contributed by atoms with Crippen molar-refractivity contribution in [1.82, 2.24) is 15.2 Å². The van der Waals surface area contributed by atoms with Crippen molar-refractivity contribution in [2.75, 3.05) is 10.6 Å². The van der Waals surface area contributed by atoms with E-state index in [9.17, 15) is 4.79 Å². The Balaban J connectivity index is 1.86. The van der Waals surface area contributed by atoms with Crippen LogP contribution in [0.4, 0.5) is 11.6 Å². The maximum Gasteiger partial charge on any atom is 0.225 e. The number of amides is 1. The Bertz CT molecular complexity index is 568. The van der Waals surface area contributed by atoms with Crippen molar-refractivity contribution in [3.8, 4) is 0 Å². The first-order chi connectivity index (χ1) is 10.1. The number of hydrogen-bond acceptors (Lipinski definition) is 5. The molecule has 2 aromatic heterocycles. The summed E-state index contributed by atoms with van der Waals surface area (Å²) in [7, 11) is 0. The van der Waals surface area contributed by atoms with Crippen LogP contribution in [0, 0.1) is 5.92 Å². The number of rotatable bonds is 6. The molecule has 6 nitrogen and oxygen atoms in total. The first-order valence-electron chi connectivity index (χ1n) is 6.90. The Labute approximate surface area is 124 Å². The second kappa shape index (κ2) is 7.33. The van der Waals surface area contributed by atoms with E-state index in [1.807, 2.05) is 26.0 Å². The van der Waals surface area contributed by atoms with Gasteiger partial charge >= 0.3 is 0 Å². The predicted octanol–water partition coefficient (Wildman–Crippen LogP) is 2.47. The maximum absolute atomic E-state index is 11.6. The SMILES string of the molecule is CC(C)CC(=O)Nc1ccc(NCc2cccnc2)nn1. The Kier molecular flexibility index (Phi) is 5.20. The van der Waals surface area contributed by atoms with Crippen LogP contribution in [0.3, 0.4) is 0 Å². The number of anilines is 2. The number of carbonyl (C=O) groups is 1. The van der Waals surface area contributed by atoms with E-state index in [2.05, 4.69) is 25.8 Å². The van der Waals surface area contributed by atoms with Crippen LogP contribution in [0.2, 0.25) is 0 Å². The van der Waals surface area contributed by atoms with Crippen LogP contribution in [-0.4, -0.2) is 21.1 Å². The third kappa shape index (κ3) is 5.18. The molecule has 2 N–H and O–H groups in total. The predicted molar refractivity (Wildman–Crippen MR) is 81.7 cm³/mol. The van der Waals surface area contributed by atoms with Crippen molar-refractivity contribution in [2.45, 2.75) is 26.8 Å². The first kappa shape index (κ1) is 14.9. The van der Waals surface area contributed by atoms with Gasteiger partial charge in [-0.15, -0.1) is 10.2 Å². The first-order valence-corrected chi connectivity index (χ1v) is 6.90. The van der Waals surface area contributed by atoms with Crippen molar-refractivity contribution in [3.05, 3.63) is 42.2 Å². The lowest BCUT2D eigenvalue weighted by Gasteiger charge is -2.07. The van der Waals surface area contributed by atoms with Gasteiger partial charge in [0.15, 0.2) is 5.82 Å². The van der Waals surface area contributed by atoms with Gasteiger partial charge in [-0.1, -0.05) is 19.9 Å². The monoisotopic (exact) mass is 285 g/mol. The van der Waals surface area contributed by atoms with Gasteiger partial charge in [-0.2, -0.15) is 0 Å². The Hall–Kier alpha value is -2.50. The van der Waals surface area contributed by atoms with Gasteiger partial charge in [-0.3, -0.25) is 9.78 Å². The van der Waals surface area contributed by atoms with E-state index in [0.717, 1.165) is 5.56 Å². The lowest BCUT2D eigenvalue weighted by Crippen LogP contribution is -2.15. The quantitative estimate of drug-likeness (QED) is 0.852. The highest BCUT2D eigenvalue weighted by molar-refractivity contribution is 5.89. The smallest absolute Gasteiger partial charge is 0.225 e. The lowest BCUT2D eigenvalue weighted by atomic mass is 10.1. The molecule has 0 radical (unpaired) electrons. The summed E-state index contributed by atoms with van der Waals surface area (Å²) in [4.78, 5) is 15.7. The molecule has 21 heavy (non-hydrogen) atoms. The fourth-order valence-electron chi connectivity index (χ4n) is 1.75. The zero-order valence-corrected chi connectivity index (χ0v) is 12.2. The van der Waals surface area contributed by atoms with E-state index in [1.54, 1.807) is 24.5 Å². The average molecular weight is 285 g/mol. The van der Waals surface area contributed by atoms with Crippen LogP contribution in [0.5, 0.6) is 0 Å². The minimum Gasteiger partial charge on any atom is -0.364 e. The molecule has 0 aliphatic carbocycles. The minimum absolute atomic E-state index is 0.0460. The Morgan fingerprint density at radius 1 is 1.19 bits per heavy atom. The van der Waals surface area contributed by atoms with Crippen LogP contribution in [0.25, 0.3) is 0 Å². The zero-order valence-electron chi connectivity index (χ0n) is 12.2. The fourth-order valence-corrected chi connectivity index (χ4v) is 1.75. The molecule has 0 aromatic carbocycles. The van der Waals surface area contributed by atoms with E-state index < -0.39 is 0 Å². The van der Waals surface area contributed by atoms with Crippen LogP contribution >= 0.6 is 0 Å². The van der Waals surface area contributed by atoms with E-state index in [1.165, 1.54) is 0 Å². The summed E-state index contributed by atoms with van der Waals surface area (Å²) in [5, 5.41) is 13.9. The number of nitrogens with zero attached hydrogens (tertiary/aromatic N) is 3. The highest BCUT2D eigenvalue weighted by atomic mass is 16.1. The molecule has 110 valence electrons. The molecule has 0 atom stereocenters. The molecule has 0 fully saturated rings. The van der Waals surface area contributed by atoms with E-state index in [4.69, 9.17) is 0 Å². The van der Waals surface area contributed by atoms with Crippen molar-refractivity contribution < 1.29 is 4.79 Å². The van der Waals surface area contributed by atoms with Crippen LogP contribution in [-0.2, 0) is 11.3 Å². The summed E-state index contributed by atoms with van der Waals surface area (Å²) >= 11 is 0. The summed E-state index contributed by atoms with van der Waals surface area (Å²) < 4.78 is 0. The molecule has 0 spiro atoms. The summed E-state index contributed by atoms with van der Waals surface area (Å²) in [6.45, 7) is 4.62. The van der Waals surface area contributed by atoms with Crippen molar-refractivity contribution in [2.24, 2.45) is 5.92 Å². The molecule has 1 amide bonds. The molecule has 6 heteroatoms.